The Morgan fingerprint density at radius 2 is 1.89 bits per heavy atom. The summed E-state index contributed by atoms with van der Waals surface area (Å²) in [6.07, 6.45) is 0. The van der Waals surface area contributed by atoms with Crippen LogP contribution in [0.25, 0.3) is 20.3 Å². The molecule has 0 saturated heterocycles. The maximum atomic E-state index is 13.8. The van der Waals surface area contributed by atoms with Crippen molar-refractivity contribution >= 4 is 54.9 Å². The van der Waals surface area contributed by atoms with Gasteiger partial charge in [-0.25, -0.2) is 14.2 Å². The van der Waals surface area contributed by atoms with Crippen molar-refractivity contribution in [1.29, 1.82) is 0 Å². The highest BCUT2D eigenvalue weighted by molar-refractivity contribution is 7.20. The summed E-state index contributed by atoms with van der Waals surface area (Å²) in [5.41, 5.74) is 0.895. The number of thiazole rings is 1. The molecule has 0 fully saturated rings. The lowest BCUT2D eigenvalue weighted by atomic mass is 10.2. The van der Waals surface area contributed by atoms with E-state index in [0.717, 1.165) is 26.6 Å². The average molecular weight is 414 g/mol. The quantitative estimate of drug-likeness (QED) is 0.452. The Bertz CT molecular complexity index is 1150. The number of fused-ring (bicyclic) bond motifs is 2. The van der Waals surface area contributed by atoms with E-state index in [9.17, 15) is 14.0 Å². The lowest BCUT2D eigenvalue weighted by Crippen LogP contribution is -2.30. The van der Waals surface area contributed by atoms with Crippen molar-refractivity contribution in [2.45, 2.75) is 6.54 Å². The summed E-state index contributed by atoms with van der Waals surface area (Å²) in [6, 6.07) is 13.9. The molecule has 0 aliphatic carbocycles. The highest BCUT2D eigenvalue weighted by Crippen LogP contribution is 2.28. The van der Waals surface area contributed by atoms with Crippen molar-refractivity contribution < 1.29 is 18.7 Å². The molecule has 0 unspecified atom stereocenters. The Morgan fingerprint density at radius 1 is 1.11 bits per heavy atom. The Hall–Kier alpha value is -2.84. The molecule has 4 rings (SSSR count). The number of hydrogen-bond acceptors (Lipinski definition) is 6. The van der Waals surface area contributed by atoms with Crippen molar-refractivity contribution in [2.75, 3.05) is 13.7 Å². The van der Waals surface area contributed by atoms with Crippen molar-refractivity contribution in [1.82, 2.24) is 9.88 Å². The first kappa shape index (κ1) is 18.5. The second-order valence-electron chi connectivity index (χ2n) is 6.16. The number of likely N-dealkylation sites (N-methyl/N-ethyl adjacent to an activating group) is 1. The SMILES string of the molecule is CN(Cc1nc2ccccc2s1)C(=O)COC(=O)c1cc2c(F)cccc2s1. The number of rotatable bonds is 5. The van der Waals surface area contributed by atoms with Gasteiger partial charge in [-0.15, -0.1) is 22.7 Å². The predicted octanol–water partition coefficient (Wildman–Crippen LogP) is 4.47. The minimum atomic E-state index is -0.637. The Balaban J connectivity index is 1.37. The average Bonchev–Trinajstić information content (AvgIpc) is 3.30. The Kier molecular flexibility index (Phi) is 5.06. The minimum Gasteiger partial charge on any atom is -0.451 e. The molecule has 142 valence electrons. The van der Waals surface area contributed by atoms with Gasteiger partial charge in [-0.1, -0.05) is 18.2 Å². The van der Waals surface area contributed by atoms with Crippen LogP contribution in [-0.4, -0.2) is 35.4 Å². The molecule has 0 atom stereocenters. The number of amides is 1. The number of ether oxygens (including phenoxy) is 1. The van der Waals surface area contributed by atoms with Gasteiger partial charge in [-0.3, -0.25) is 4.79 Å². The fourth-order valence-electron chi connectivity index (χ4n) is 2.71. The number of esters is 1. The number of aromatic nitrogens is 1. The van der Waals surface area contributed by atoms with Gasteiger partial charge in [0.15, 0.2) is 6.61 Å². The lowest BCUT2D eigenvalue weighted by molar-refractivity contribution is -0.133. The first-order valence-electron chi connectivity index (χ1n) is 8.45. The minimum absolute atomic E-state index is 0.265. The first-order chi connectivity index (χ1) is 13.5. The molecule has 0 radical (unpaired) electrons. The molecule has 0 N–H and O–H groups in total. The van der Waals surface area contributed by atoms with Gasteiger partial charge in [0.25, 0.3) is 5.91 Å². The number of thiophene rings is 1. The molecule has 5 nitrogen and oxygen atoms in total. The molecule has 0 aliphatic rings. The van der Waals surface area contributed by atoms with Gasteiger partial charge in [-0.2, -0.15) is 0 Å². The monoisotopic (exact) mass is 414 g/mol. The second-order valence-corrected chi connectivity index (χ2v) is 8.36. The van der Waals surface area contributed by atoms with Crippen LogP contribution in [0.5, 0.6) is 0 Å². The lowest BCUT2D eigenvalue weighted by Gasteiger charge is -2.15. The van der Waals surface area contributed by atoms with Crippen LogP contribution in [0, 0.1) is 5.82 Å². The second kappa shape index (κ2) is 7.65. The van der Waals surface area contributed by atoms with E-state index in [1.807, 2.05) is 24.3 Å². The largest absolute Gasteiger partial charge is 0.451 e. The predicted molar refractivity (Wildman–Crippen MR) is 108 cm³/mol. The van der Waals surface area contributed by atoms with Gasteiger partial charge in [0.05, 0.1) is 16.8 Å². The van der Waals surface area contributed by atoms with Crippen LogP contribution in [0.3, 0.4) is 0 Å². The molecule has 28 heavy (non-hydrogen) atoms. The Morgan fingerprint density at radius 3 is 2.68 bits per heavy atom. The van der Waals surface area contributed by atoms with Gasteiger partial charge < -0.3 is 9.64 Å². The molecule has 8 heteroatoms. The van der Waals surface area contributed by atoms with Crippen LogP contribution >= 0.6 is 22.7 Å². The van der Waals surface area contributed by atoms with Crippen LogP contribution in [0.2, 0.25) is 0 Å². The van der Waals surface area contributed by atoms with E-state index in [4.69, 9.17) is 4.74 Å². The molecule has 2 aromatic carbocycles. The van der Waals surface area contributed by atoms with E-state index in [2.05, 4.69) is 4.98 Å². The molecular formula is C20H15FN2O3S2. The molecule has 2 heterocycles. The summed E-state index contributed by atoms with van der Waals surface area (Å²) in [5.74, 6) is -1.36. The van der Waals surface area contributed by atoms with E-state index in [1.165, 1.54) is 28.4 Å². The van der Waals surface area contributed by atoms with Crippen molar-refractivity contribution in [3.05, 3.63) is 64.2 Å². The number of carbonyl (C=O) groups is 2. The number of para-hydroxylation sites is 1. The van der Waals surface area contributed by atoms with Crippen LogP contribution in [0.4, 0.5) is 4.39 Å². The molecule has 2 aromatic heterocycles. The first-order valence-corrected chi connectivity index (χ1v) is 10.1. The van der Waals surface area contributed by atoms with E-state index in [0.29, 0.717) is 16.6 Å². The van der Waals surface area contributed by atoms with Gasteiger partial charge in [0.1, 0.15) is 15.7 Å². The summed E-state index contributed by atoms with van der Waals surface area (Å²) in [6.45, 7) is -0.0409. The third-order valence-electron chi connectivity index (χ3n) is 4.17. The number of halogens is 1. The standard InChI is InChI=1S/C20H15FN2O3S2/c1-23(10-18-22-14-6-2-3-7-16(14)28-18)19(24)11-26-20(25)17-9-12-13(21)5-4-8-15(12)27-17/h2-9H,10-11H2,1H3. The summed E-state index contributed by atoms with van der Waals surface area (Å²) in [7, 11) is 1.64. The smallest absolute Gasteiger partial charge is 0.348 e. The number of nitrogens with zero attached hydrogens (tertiary/aromatic N) is 2. The summed E-state index contributed by atoms with van der Waals surface area (Å²) >= 11 is 2.66. The topological polar surface area (TPSA) is 59.5 Å². The third-order valence-corrected chi connectivity index (χ3v) is 6.27. The van der Waals surface area contributed by atoms with Gasteiger partial charge >= 0.3 is 5.97 Å². The molecule has 0 aliphatic heterocycles. The maximum absolute atomic E-state index is 13.8. The van der Waals surface area contributed by atoms with E-state index < -0.39 is 5.97 Å². The highest BCUT2D eigenvalue weighted by Gasteiger charge is 2.18. The molecule has 1 amide bonds. The molecule has 0 bridgehead atoms. The molecule has 0 spiro atoms. The van der Waals surface area contributed by atoms with Crippen molar-refractivity contribution in [3.63, 3.8) is 0 Å². The number of benzene rings is 2. The zero-order chi connectivity index (χ0) is 19.7. The van der Waals surface area contributed by atoms with Crippen LogP contribution in [0.15, 0.2) is 48.5 Å². The van der Waals surface area contributed by atoms with Crippen LogP contribution < -0.4 is 0 Å². The zero-order valence-corrected chi connectivity index (χ0v) is 16.5. The van der Waals surface area contributed by atoms with Gasteiger partial charge in [0, 0.05) is 17.1 Å². The van der Waals surface area contributed by atoms with E-state index >= 15 is 0 Å². The van der Waals surface area contributed by atoms with E-state index in [1.54, 1.807) is 19.2 Å². The fourth-order valence-corrected chi connectivity index (χ4v) is 4.70. The normalized spacial score (nSPS) is 11.1. The van der Waals surface area contributed by atoms with Crippen molar-refractivity contribution in [3.8, 4) is 0 Å². The third kappa shape index (κ3) is 3.74. The van der Waals surface area contributed by atoms with Crippen LogP contribution in [-0.2, 0) is 16.1 Å². The van der Waals surface area contributed by atoms with Crippen molar-refractivity contribution in [2.24, 2.45) is 0 Å². The zero-order valence-electron chi connectivity index (χ0n) is 14.8. The molecular weight excluding hydrogens is 399 g/mol. The van der Waals surface area contributed by atoms with Crippen LogP contribution in [0.1, 0.15) is 14.7 Å². The maximum Gasteiger partial charge on any atom is 0.348 e. The molecule has 4 aromatic rings. The fraction of sp³-hybridized carbons (Fsp3) is 0.150. The van der Waals surface area contributed by atoms with E-state index in [-0.39, 0.29) is 23.2 Å². The summed E-state index contributed by atoms with van der Waals surface area (Å²) in [5, 5.41) is 1.18. The number of hydrogen-bond donors (Lipinski definition) is 0. The summed E-state index contributed by atoms with van der Waals surface area (Å²) < 4.78 is 20.6. The summed E-state index contributed by atoms with van der Waals surface area (Å²) in [4.78, 5) is 30.7. The van der Waals surface area contributed by atoms with Gasteiger partial charge in [0.2, 0.25) is 0 Å². The highest BCUT2D eigenvalue weighted by atomic mass is 32.1. The number of carbonyl (C=O) groups excluding carboxylic acids is 2. The van der Waals surface area contributed by atoms with Gasteiger partial charge in [-0.05, 0) is 30.3 Å². The molecule has 0 saturated carbocycles. The Labute approximate surface area is 168 Å².